The summed E-state index contributed by atoms with van der Waals surface area (Å²) >= 11 is 0. The van der Waals surface area contributed by atoms with E-state index in [0.29, 0.717) is 11.1 Å². The SMILES string of the molecule is Cc1c(N(Cc2ccc(OC(F)(F)F)cc2)S(=O)(=O)c2ccc(C(=O)O)cc2)nc(C2CC2)c2ccccc12.[H-].[Na+]. The first kappa shape index (κ1) is 29.9. The van der Waals surface area contributed by atoms with Crippen LogP contribution in [0.5, 0.6) is 5.75 Å². The van der Waals surface area contributed by atoms with Crippen LogP contribution in [0.3, 0.4) is 0 Å². The molecule has 1 N–H and O–H groups in total. The van der Waals surface area contributed by atoms with Gasteiger partial charge in [0.1, 0.15) is 11.6 Å². The molecule has 3 aromatic carbocycles. The number of fused-ring (bicyclic) bond motifs is 1. The van der Waals surface area contributed by atoms with Crippen molar-refractivity contribution in [3.63, 3.8) is 0 Å². The molecule has 0 spiro atoms. The number of carboxylic acids is 1. The summed E-state index contributed by atoms with van der Waals surface area (Å²) in [6, 6.07) is 17.4. The molecule has 1 saturated carbocycles. The number of halogens is 3. The molecule has 5 rings (SSSR count). The number of rotatable bonds is 8. The summed E-state index contributed by atoms with van der Waals surface area (Å²) in [5, 5.41) is 11.0. The number of hydrogen-bond donors (Lipinski definition) is 1. The van der Waals surface area contributed by atoms with E-state index in [2.05, 4.69) is 4.74 Å². The monoisotopic (exact) mass is 580 g/mol. The molecule has 1 fully saturated rings. The Morgan fingerprint density at radius 2 is 1.62 bits per heavy atom. The van der Waals surface area contributed by atoms with Gasteiger partial charge in [0, 0.05) is 16.9 Å². The number of aromatic carboxylic acids is 1. The summed E-state index contributed by atoms with van der Waals surface area (Å²) in [6.45, 7) is 1.54. The molecule has 4 aromatic rings. The normalized spacial score (nSPS) is 13.5. The molecular formula is C28H24F3N2NaO5S. The molecule has 0 aliphatic heterocycles. The van der Waals surface area contributed by atoms with E-state index in [1.807, 2.05) is 24.3 Å². The van der Waals surface area contributed by atoms with E-state index in [9.17, 15) is 31.5 Å². The Hall–Kier alpha value is -3.12. The van der Waals surface area contributed by atoms with Gasteiger partial charge in [-0.15, -0.1) is 13.2 Å². The largest absolute Gasteiger partial charge is 1.00 e. The summed E-state index contributed by atoms with van der Waals surface area (Å²) in [5.41, 5.74) is 1.74. The number of hydrogen-bond acceptors (Lipinski definition) is 5. The summed E-state index contributed by atoms with van der Waals surface area (Å²) in [5.74, 6) is -1.22. The zero-order valence-corrected chi connectivity index (χ0v) is 24.5. The molecule has 1 aromatic heterocycles. The second kappa shape index (κ2) is 11.4. The van der Waals surface area contributed by atoms with Crippen LogP contribution in [-0.4, -0.2) is 30.8 Å². The molecule has 0 unspecified atom stereocenters. The van der Waals surface area contributed by atoms with Crippen molar-refractivity contribution in [2.75, 3.05) is 4.31 Å². The van der Waals surface area contributed by atoms with Crippen LogP contribution < -0.4 is 38.6 Å². The second-order valence-corrected chi connectivity index (χ2v) is 11.2. The number of alkyl halides is 3. The maximum Gasteiger partial charge on any atom is 1.00 e. The Balaban J connectivity index is 0.00000231. The quantitative estimate of drug-likeness (QED) is 0.321. The fourth-order valence-electron chi connectivity index (χ4n) is 4.46. The van der Waals surface area contributed by atoms with Crippen LogP contribution in [0, 0.1) is 6.92 Å². The van der Waals surface area contributed by atoms with Crippen LogP contribution in [0.4, 0.5) is 19.0 Å². The number of ether oxygens (including phenoxy) is 1. The first-order chi connectivity index (χ1) is 18.4. The van der Waals surface area contributed by atoms with Gasteiger partial charge in [0.15, 0.2) is 0 Å². The number of nitrogens with zero attached hydrogens (tertiary/aromatic N) is 2. The third-order valence-corrected chi connectivity index (χ3v) is 8.29. The van der Waals surface area contributed by atoms with E-state index in [-0.39, 0.29) is 59.7 Å². The van der Waals surface area contributed by atoms with Crippen LogP contribution in [0.15, 0.2) is 77.7 Å². The molecule has 40 heavy (non-hydrogen) atoms. The molecule has 0 amide bonds. The maximum atomic E-state index is 14.0. The zero-order valence-electron chi connectivity index (χ0n) is 22.6. The van der Waals surface area contributed by atoms with Gasteiger partial charge in [-0.25, -0.2) is 22.5 Å². The summed E-state index contributed by atoms with van der Waals surface area (Å²) in [7, 11) is -4.28. The fourth-order valence-corrected chi connectivity index (χ4v) is 5.91. The van der Waals surface area contributed by atoms with Gasteiger partial charge in [-0.05, 0) is 67.1 Å². The topological polar surface area (TPSA) is 96.8 Å². The van der Waals surface area contributed by atoms with Crippen molar-refractivity contribution >= 4 is 32.6 Å². The first-order valence-corrected chi connectivity index (χ1v) is 13.5. The number of pyridine rings is 1. The molecule has 0 bridgehead atoms. The van der Waals surface area contributed by atoms with E-state index in [1.165, 1.54) is 36.4 Å². The molecule has 1 aliphatic carbocycles. The minimum atomic E-state index is -4.86. The average molecular weight is 581 g/mol. The molecule has 0 saturated heterocycles. The summed E-state index contributed by atoms with van der Waals surface area (Å²) < 4.78 is 71.0. The Kier molecular flexibility index (Phi) is 8.51. The molecule has 204 valence electrons. The molecule has 7 nitrogen and oxygen atoms in total. The number of benzene rings is 3. The van der Waals surface area contributed by atoms with E-state index in [1.54, 1.807) is 6.92 Å². The van der Waals surface area contributed by atoms with Crippen molar-refractivity contribution in [3.05, 3.63) is 95.2 Å². The molecule has 1 heterocycles. The standard InChI is InChI=1S/C28H23F3N2O5S.Na.H/c1-17-23-4-2-3-5-24(23)25(19-8-9-19)32-26(17)33(16-18-6-12-21(13-7-18)38-28(29,30)31)39(36,37)22-14-10-20(11-15-22)27(34)35;;/h2-7,10-15,19H,8-9,16H2,1H3,(H,34,35);;/q;+1;-1. The van der Waals surface area contributed by atoms with Crippen molar-refractivity contribution < 1.29 is 67.2 Å². The minimum Gasteiger partial charge on any atom is -1.00 e. The van der Waals surface area contributed by atoms with E-state index < -0.39 is 28.1 Å². The Morgan fingerprint density at radius 1 is 1.02 bits per heavy atom. The number of anilines is 1. The van der Waals surface area contributed by atoms with E-state index in [0.717, 1.165) is 45.7 Å². The first-order valence-electron chi connectivity index (χ1n) is 12.0. The third kappa shape index (κ3) is 6.27. The number of aromatic nitrogens is 1. The minimum absolute atomic E-state index is 0. The van der Waals surface area contributed by atoms with E-state index in [4.69, 9.17) is 4.98 Å². The predicted octanol–water partition coefficient (Wildman–Crippen LogP) is 3.53. The van der Waals surface area contributed by atoms with Crippen molar-refractivity contribution in [1.29, 1.82) is 0 Å². The average Bonchev–Trinajstić information content (AvgIpc) is 3.73. The van der Waals surface area contributed by atoms with Gasteiger partial charge in [0.2, 0.25) is 0 Å². The van der Waals surface area contributed by atoms with Crippen molar-refractivity contribution in [1.82, 2.24) is 4.98 Å². The molecule has 0 radical (unpaired) electrons. The van der Waals surface area contributed by atoms with Gasteiger partial charge in [-0.2, -0.15) is 0 Å². The fraction of sp³-hybridized carbons (Fsp3) is 0.214. The van der Waals surface area contributed by atoms with Gasteiger partial charge in [0.05, 0.1) is 22.7 Å². The van der Waals surface area contributed by atoms with Crippen LogP contribution in [-0.2, 0) is 16.6 Å². The van der Waals surface area contributed by atoms with Gasteiger partial charge >= 0.3 is 41.9 Å². The Bertz CT molecular complexity index is 1660. The predicted molar refractivity (Wildman–Crippen MR) is 139 cm³/mol. The molecule has 12 heteroatoms. The Morgan fingerprint density at radius 3 is 2.17 bits per heavy atom. The maximum absolute atomic E-state index is 14.0. The molecule has 0 atom stereocenters. The van der Waals surface area contributed by atoms with Gasteiger partial charge in [-0.3, -0.25) is 0 Å². The van der Waals surface area contributed by atoms with Crippen LogP contribution >= 0.6 is 0 Å². The number of sulfonamides is 1. The van der Waals surface area contributed by atoms with Crippen LogP contribution in [0.2, 0.25) is 0 Å². The third-order valence-electron chi connectivity index (χ3n) is 6.54. The zero-order chi connectivity index (χ0) is 27.9. The van der Waals surface area contributed by atoms with Gasteiger partial charge in [0.25, 0.3) is 10.0 Å². The van der Waals surface area contributed by atoms with Crippen molar-refractivity contribution in [3.8, 4) is 5.75 Å². The second-order valence-electron chi connectivity index (χ2n) is 9.30. The van der Waals surface area contributed by atoms with Gasteiger partial charge < -0.3 is 11.3 Å². The summed E-state index contributed by atoms with van der Waals surface area (Å²) in [4.78, 5) is 16.0. The van der Waals surface area contributed by atoms with Crippen LogP contribution in [0.1, 0.15) is 47.4 Å². The van der Waals surface area contributed by atoms with Gasteiger partial charge in [-0.1, -0.05) is 36.4 Å². The number of aryl methyl sites for hydroxylation is 1. The molecular weight excluding hydrogens is 556 g/mol. The van der Waals surface area contributed by atoms with Crippen LogP contribution in [0.25, 0.3) is 10.8 Å². The number of carboxylic acid groups (broad SMARTS) is 1. The Labute approximate surface area is 252 Å². The summed E-state index contributed by atoms with van der Waals surface area (Å²) in [6.07, 6.45) is -2.99. The van der Waals surface area contributed by atoms with E-state index >= 15 is 0 Å². The van der Waals surface area contributed by atoms with Crippen molar-refractivity contribution in [2.45, 2.75) is 43.5 Å². The molecule has 1 aliphatic rings. The smallest absolute Gasteiger partial charge is 1.00 e. The van der Waals surface area contributed by atoms with Crippen molar-refractivity contribution in [2.24, 2.45) is 0 Å². The number of carbonyl (C=O) groups is 1.